The van der Waals surface area contributed by atoms with Gasteiger partial charge >= 0.3 is 0 Å². The highest BCUT2D eigenvalue weighted by Crippen LogP contribution is 2.28. The fourth-order valence-electron chi connectivity index (χ4n) is 3.89. The second-order valence-corrected chi connectivity index (χ2v) is 9.37. The quantitative estimate of drug-likeness (QED) is 0.239. The Morgan fingerprint density at radius 1 is 1.06 bits per heavy atom. The van der Waals surface area contributed by atoms with Gasteiger partial charge in [0.15, 0.2) is 5.16 Å². The van der Waals surface area contributed by atoms with Crippen molar-refractivity contribution in [3.8, 4) is 5.69 Å². The van der Waals surface area contributed by atoms with E-state index in [1.807, 2.05) is 56.3 Å². The van der Waals surface area contributed by atoms with Crippen molar-refractivity contribution in [1.82, 2.24) is 14.5 Å². The number of aromatic nitrogens is 3. The number of halogens is 1. The Hall–Kier alpha value is -3.55. The fraction of sp³-hybridized carbons (Fsp3) is 0.115. The van der Waals surface area contributed by atoms with Gasteiger partial charge in [-0.05, 0) is 61.4 Å². The van der Waals surface area contributed by atoms with E-state index in [1.54, 1.807) is 28.8 Å². The van der Waals surface area contributed by atoms with E-state index < -0.39 is 0 Å². The number of hydrogen-bond acceptors (Lipinski definition) is 4. The van der Waals surface area contributed by atoms with Crippen LogP contribution in [0.5, 0.6) is 0 Å². The van der Waals surface area contributed by atoms with Gasteiger partial charge in [-0.2, -0.15) is 0 Å². The Morgan fingerprint density at radius 2 is 1.82 bits per heavy atom. The molecule has 5 aromatic rings. The predicted molar refractivity (Wildman–Crippen MR) is 139 cm³/mol. The maximum atomic E-state index is 13.7. The molecule has 0 spiro atoms. The van der Waals surface area contributed by atoms with E-state index in [0.717, 1.165) is 27.7 Å². The first-order chi connectivity index (χ1) is 16.4. The minimum absolute atomic E-state index is 0.0911. The van der Waals surface area contributed by atoms with E-state index in [0.29, 0.717) is 26.9 Å². The zero-order chi connectivity index (χ0) is 23.8. The number of anilines is 1. The molecule has 0 bridgehead atoms. The van der Waals surface area contributed by atoms with Crippen LogP contribution in [-0.4, -0.2) is 26.2 Å². The number of carbonyl (C=O) groups excluding carboxylic acids is 1. The van der Waals surface area contributed by atoms with Crippen LogP contribution in [0.2, 0.25) is 5.02 Å². The van der Waals surface area contributed by atoms with Gasteiger partial charge in [-0.1, -0.05) is 53.7 Å². The van der Waals surface area contributed by atoms with Crippen LogP contribution >= 0.6 is 23.4 Å². The van der Waals surface area contributed by atoms with Crippen molar-refractivity contribution in [2.45, 2.75) is 19.0 Å². The summed E-state index contributed by atoms with van der Waals surface area (Å²) in [6.07, 6.45) is 0. The number of nitrogens with zero attached hydrogens (tertiary/aromatic N) is 2. The van der Waals surface area contributed by atoms with Crippen LogP contribution in [0.3, 0.4) is 0 Å². The van der Waals surface area contributed by atoms with Gasteiger partial charge in [0.05, 0.1) is 11.4 Å². The molecule has 0 unspecified atom stereocenters. The Kier molecular flexibility index (Phi) is 5.89. The average Bonchev–Trinajstić information content (AvgIpc) is 3.21. The molecule has 0 aliphatic rings. The number of aryl methyl sites for hydroxylation is 1. The van der Waals surface area contributed by atoms with Crippen LogP contribution < -0.4 is 10.9 Å². The molecule has 5 rings (SSSR count). The summed E-state index contributed by atoms with van der Waals surface area (Å²) in [6, 6.07) is 20.4. The number of para-hydroxylation sites is 1. The van der Waals surface area contributed by atoms with E-state index in [9.17, 15) is 9.59 Å². The first-order valence-corrected chi connectivity index (χ1v) is 12.1. The fourth-order valence-corrected chi connectivity index (χ4v) is 4.81. The van der Waals surface area contributed by atoms with E-state index in [4.69, 9.17) is 16.6 Å². The smallest absolute Gasteiger partial charge is 0.283 e. The number of amides is 1. The molecule has 0 fully saturated rings. The Bertz CT molecular complexity index is 1610. The van der Waals surface area contributed by atoms with Crippen LogP contribution in [0.1, 0.15) is 11.1 Å². The highest BCUT2D eigenvalue weighted by molar-refractivity contribution is 7.99. The molecule has 0 saturated carbocycles. The summed E-state index contributed by atoms with van der Waals surface area (Å²) >= 11 is 7.15. The maximum Gasteiger partial charge on any atom is 0.283 e. The minimum atomic E-state index is -0.201. The van der Waals surface area contributed by atoms with E-state index in [1.165, 1.54) is 11.8 Å². The van der Waals surface area contributed by atoms with Crippen molar-refractivity contribution in [1.29, 1.82) is 0 Å². The zero-order valence-corrected chi connectivity index (χ0v) is 20.1. The molecule has 1 amide bonds. The summed E-state index contributed by atoms with van der Waals surface area (Å²) in [7, 11) is 0. The first-order valence-electron chi connectivity index (χ1n) is 10.7. The summed E-state index contributed by atoms with van der Waals surface area (Å²) in [6.45, 7) is 3.99. The lowest BCUT2D eigenvalue weighted by atomic mass is 10.1. The molecule has 170 valence electrons. The number of H-pyrrole nitrogens is 1. The third-order valence-corrected chi connectivity index (χ3v) is 6.96. The van der Waals surface area contributed by atoms with Gasteiger partial charge in [0.25, 0.3) is 5.56 Å². The normalized spacial score (nSPS) is 11.3. The number of carbonyl (C=O) groups is 1. The molecule has 2 N–H and O–H groups in total. The SMILES string of the molecule is Cc1cccc(-n2c(SCC(=O)Nc3ccc(Cl)cc3)nc3c([nH]c4ccccc43)c2=O)c1C. The van der Waals surface area contributed by atoms with E-state index >= 15 is 0 Å². The molecule has 0 atom stereocenters. The molecule has 0 aliphatic carbocycles. The number of nitrogens with one attached hydrogen (secondary N) is 2. The predicted octanol–water partition coefficient (Wildman–Crippen LogP) is 5.87. The summed E-state index contributed by atoms with van der Waals surface area (Å²) in [5.74, 6) is -0.110. The number of thioether (sulfide) groups is 1. The second kappa shape index (κ2) is 9.00. The molecule has 0 saturated heterocycles. The lowest BCUT2D eigenvalue weighted by Gasteiger charge is -2.15. The molecule has 8 heteroatoms. The second-order valence-electron chi connectivity index (χ2n) is 7.99. The van der Waals surface area contributed by atoms with E-state index in [-0.39, 0.29) is 17.2 Å². The van der Waals surface area contributed by atoms with Crippen molar-refractivity contribution >= 4 is 56.9 Å². The van der Waals surface area contributed by atoms with Gasteiger partial charge in [0.2, 0.25) is 5.91 Å². The van der Waals surface area contributed by atoms with Gasteiger partial charge in [-0.3, -0.25) is 14.2 Å². The van der Waals surface area contributed by atoms with Gasteiger partial charge in [-0.15, -0.1) is 0 Å². The molecule has 2 aromatic heterocycles. The molecule has 2 heterocycles. The lowest BCUT2D eigenvalue weighted by molar-refractivity contribution is -0.113. The van der Waals surface area contributed by atoms with Crippen LogP contribution in [0.25, 0.3) is 27.6 Å². The molecular weight excluding hydrogens is 468 g/mol. The number of benzene rings is 3. The highest BCUT2D eigenvalue weighted by atomic mass is 35.5. The summed E-state index contributed by atoms with van der Waals surface area (Å²) in [4.78, 5) is 34.5. The molecule has 34 heavy (non-hydrogen) atoms. The third-order valence-electron chi connectivity index (χ3n) is 5.77. The molecular formula is C26H21ClN4O2S. The van der Waals surface area contributed by atoms with Crippen molar-refractivity contribution < 1.29 is 4.79 Å². The largest absolute Gasteiger partial charge is 0.349 e. The highest BCUT2D eigenvalue weighted by Gasteiger charge is 2.19. The summed E-state index contributed by atoms with van der Waals surface area (Å²) < 4.78 is 1.60. The number of hydrogen-bond donors (Lipinski definition) is 2. The van der Waals surface area contributed by atoms with Gasteiger partial charge in [0, 0.05) is 21.6 Å². The maximum absolute atomic E-state index is 13.7. The topological polar surface area (TPSA) is 79.8 Å². The molecule has 0 radical (unpaired) electrons. The standard InChI is InChI=1S/C26H21ClN4O2S/c1-15-6-5-9-21(16(15)2)31-25(33)24-23(19-7-3-4-8-20(19)29-24)30-26(31)34-14-22(32)28-18-12-10-17(27)11-13-18/h3-13,29H,14H2,1-2H3,(H,28,32). The van der Waals surface area contributed by atoms with Gasteiger partial charge < -0.3 is 10.3 Å². The van der Waals surface area contributed by atoms with Crippen LogP contribution in [0, 0.1) is 13.8 Å². The Labute approximate surface area is 205 Å². The van der Waals surface area contributed by atoms with Crippen molar-refractivity contribution in [3.63, 3.8) is 0 Å². The Morgan fingerprint density at radius 3 is 2.62 bits per heavy atom. The molecule has 0 aliphatic heterocycles. The Balaban J connectivity index is 1.59. The third kappa shape index (κ3) is 4.08. The van der Waals surface area contributed by atoms with Crippen molar-refractivity contribution in [2.75, 3.05) is 11.1 Å². The molecule has 3 aromatic carbocycles. The first kappa shape index (κ1) is 22.3. The minimum Gasteiger partial charge on any atom is -0.349 e. The van der Waals surface area contributed by atoms with Crippen molar-refractivity contribution in [3.05, 3.63) is 93.2 Å². The van der Waals surface area contributed by atoms with Crippen LogP contribution in [-0.2, 0) is 4.79 Å². The number of fused-ring (bicyclic) bond motifs is 3. The zero-order valence-electron chi connectivity index (χ0n) is 18.6. The monoisotopic (exact) mass is 488 g/mol. The average molecular weight is 489 g/mol. The van der Waals surface area contributed by atoms with Crippen molar-refractivity contribution in [2.24, 2.45) is 0 Å². The lowest BCUT2D eigenvalue weighted by Crippen LogP contribution is -2.23. The number of rotatable bonds is 5. The van der Waals surface area contributed by atoms with Gasteiger partial charge in [-0.25, -0.2) is 4.98 Å². The summed E-state index contributed by atoms with van der Waals surface area (Å²) in [5.41, 5.74) is 5.14. The van der Waals surface area contributed by atoms with Crippen LogP contribution in [0.4, 0.5) is 5.69 Å². The van der Waals surface area contributed by atoms with Gasteiger partial charge in [0.1, 0.15) is 11.0 Å². The summed E-state index contributed by atoms with van der Waals surface area (Å²) in [5, 5.41) is 4.78. The van der Waals surface area contributed by atoms with Crippen LogP contribution in [0.15, 0.2) is 76.7 Å². The number of aromatic amines is 1. The molecule has 6 nitrogen and oxygen atoms in total. The van der Waals surface area contributed by atoms with E-state index in [2.05, 4.69) is 10.3 Å².